The third-order valence-electron chi connectivity index (χ3n) is 3.18. The monoisotopic (exact) mass is 212 g/mol. The number of carbonyl (C=O) groups is 1. The van der Waals surface area contributed by atoms with Crippen molar-refractivity contribution >= 4 is 5.91 Å². The average Bonchev–Trinajstić information content (AvgIpc) is 2.16. The maximum Gasteiger partial charge on any atom is 0.234 e. The smallest absolute Gasteiger partial charge is 0.234 e. The van der Waals surface area contributed by atoms with E-state index in [0.717, 1.165) is 12.5 Å². The Morgan fingerprint density at radius 1 is 1.27 bits per heavy atom. The molecule has 1 saturated carbocycles. The summed E-state index contributed by atoms with van der Waals surface area (Å²) in [6, 6.07) is 0. The molecule has 0 radical (unpaired) electrons. The van der Waals surface area contributed by atoms with E-state index in [4.69, 9.17) is 0 Å². The highest BCUT2D eigenvalue weighted by atomic mass is 16.1. The average molecular weight is 212 g/mol. The Morgan fingerprint density at radius 3 is 2.40 bits per heavy atom. The normalized spacial score (nSPS) is 26.7. The molecule has 1 aliphatic carbocycles. The van der Waals surface area contributed by atoms with E-state index in [-0.39, 0.29) is 5.91 Å². The Kier molecular flexibility index (Phi) is 5.09. The fourth-order valence-electron chi connectivity index (χ4n) is 2.13. The highest BCUT2D eigenvalue weighted by Crippen LogP contribution is 2.27. The van der Waals surface area contributed by atoms with E-state index in [9.17, 15) is 4.79 Å². The molecule has 88 valence electrons. The van der Waals surface area contributed by atoms with Crippen LogP contribution in [-0.2, 0) is 4.79 Å². The first-order valence-corrected chi connectivity index (χ1v) is 5.99. The minimum absolute atomic E-state index is 0.152. The molecule has 1 N–H and O–H groups in total. The molecule has 3 heteroatoms. The summed E-state index contributed by atoms with van der Waals surface area (Å²) in [4.78, 5) is 13.3. The lowest BCUT2D eigenvalue weighted by molar-refractivity contribution is -0.121. The summed E-state index contributed by atoms with van der Waals surface area (Å²) < 4.78 is 0. The van der Waals surface area contributed by atoms with Gasteiger partial charge in [-0.1, -0.05) is 19.8 Å². The molecule has 0 saturated heterocycles. The summed E-state index contributed by atoms with van der Waals surface area (Å²) in [6.07, 6.45) is 5.22. The van der Waals surface area contributed by atoms with Gasteiger partial charge in [-0.25, -0.2) is 0 Å². The number of amides is 1. The summed E-state index contributed by atoms with van der Waals surface area (Å²) in [5.74, 6) is 1.75. The maximum absolute atomic E-state index is 11.4. The van der Waals surface area contributed by atoms with E-state index in [0.29, 0.717) is 12.5 Å². The zero-order valence-electron chi connectivity index (χ0n) is 10.3. The first-order valence-electron chi connectivity index (χ1n) is 5.99. The molecule has 0 aromatic carbocycles. The SMILES string of the molecule is CN(C)CC(=O)NC[C@H]1CC[C@H](C)CC1. The topological polar surface area (TPSA) is 32.3 Å². The van der Waals surface area contributed by atoms with Crippen molar-refractivity contribution in [1.82, 2.24) is 10.2 Å². The third kappa shape index (κ3) is 5.17. The zero-order valence-corrected chi connectivity index (χ0v) is 10.3. The van der Waals surface area contributed by atoms with Crippen LogP contribution < -0.4 is 5.32 Å². The van der Waals surface area contributed by atoms with Crippen LogP contribution >= 0.6 is 0 Å². The Balaban J connectivity index is 2.12. The number of nitrogens with one attached hydrogen (secondary N) is 1. The van der Waals surface area contributed by atoms with Gasteiger partial charge in [0, 0.05) is 6.54 Å². The fourth-order valence-corrected chi connectivity index (χ4v) is 2.13. The lowest BCUT2D eigenvalue weighted by Crippen LogP contribution is -2.36. The minimum Gasteiger partial charge on any atom is -0.355 e. The molecule has 1 amide bonds. The van der Waals surface area contributed by atoms with Gasteiger partial charge in [-0.15, -0.1) is 0 Å². The summed E-state index contributed by atoms with van der Waals surface area (Å²) in [6.45, 7) is 3.70. The van der Waals surface area contributed by atoms with E-state index in [1.54, 1.807) is 0 Å². The van der Waals surface area contributed by atoms with E-state index >= 15 is 0 Å². The molecule has 0 aliphatic heterocycles. The predicted molar refractivity (Wildman–Crippen MR) is 62.7 cm³/mol. The van der Waals surface area contributed by atoms with Crippen LogP contribution in [0.1, 0.15) is 32.6 Å². The first kappa shape index (κ1) is 12.5. The highest BCUT2D eigenvalue weighted by molar-refractivity contribution is 5.77. The summed E-state index contributed by atoms with van der Waals surface area (Å²) >= 11 is 0. The minimum atomic E-state index is 0.152. The van der Waals surface area contributed by atoms with E-state index < -0.39 is 0 Å². The Labute approximate surface area is 93.2 Å². The van der Waals surface area contributed by atoms with Crippen molar-refractivity contribution in [2.45, 2.75) is 32.6 Å². The van der Waals surface area contributed by atoms with Crippen molar-refractivity contribution in [1.29, 1.82) is 0 Å². The van der Waals surface area contributed by atoms with Crippen LogP contribution in [0.25, 0.3) is 0 Å². The van der Waals surface area contributed by atoms with Crippen LogP contribution in [0.15, 0.2) is 0 Å². The maximum atomic E-state index is 11.4. The molecule has 1 fully saturated rings. The Hall–Kier alpha value is -0.570. The van der Waals surface area contributed by atoms with E-state index in [2.05, 4.69) is 12.2 Å². The summed E-state index contributed by atoms with van der Waals surface area (Å²) in [7, 11) is 3.84. The van der Waals surface area contributed by atoms with Crippen LogP contribution in [0.3, 0.4) is 0 Å². The van der Waals surface area contributed by atoms with Crippen LogP contribution in [0.5, 0.6) is 0 Å². The van der Waals surface area contributed by atoms with Gasteiger partial charge in [-0.2, -0.15) is 0 Å². The van der Waals surface area contributed by atoms with Gasteiger partial charge in [0.05, 0.1) is 6.54 Å². The summed E-state index contributed by atoms with van der Waals surface area (Å²) in [5, 5.41) is 3.02. The molecule has 1 aliphatic rings. The molecule has 0 atom stereocenters. The second-order valence-corrected chi connectivity index (χ2v) is 5.17. The molecular weight excluding hydrogens is 188 g/mol. The number of nitrogens with zero attached hydrogens (tertiary/aromatic N) is 1. The van der Waals surface area contributed by atoms with Crippen LogP contribution in [0.4, 0.5) is 0 Å². The molecule has 1 rings (SSSR count). The Morgan fingerprint density at radius 2 is 1.87 bits per heavy atom. The first-order chi connectivity index (χ1) is 7.08. The Bertz CT molecular complexity index is 196. The standard InChI is InChI=1S/C12H24N2O/c1-10-4-6-11(7-5-10)8-13-12(15)9-14(2)3/h10-11H,4-9H2,1-3H3,(H,13,15)/t10-,11-. The molecule has 15 heavy (non-hydrogen) atoms. The van der Waals surface area contributed by atoms with Crippen LogP contribution in [0, 0.1) is 11.8 Å². The van der Waals surface area contributed by atoms with Crippen molar-refractivity contribution in [2.24, 2.45) is 11.8 Å². The quantitative estimate of drug-likeness (QED) is 0.766. The number of rotatable bonds is 4. The van der Waals surface area contributed by atoms with Crippen molar-refractivity contribution in [3.05, 3.63) is 0 Å². The highest BCUT2D eigenvalue weighted by Gasteiger charge is 2.18. The van der Waals surface area contributed by atoms with Crippen molar-refractivity contribution in [3.63, 3.8) is 0 Å². The molecule has 0 aromatic heterocycles. The van der Waals surface area contributed by atoms with Gasteiger partial charge in [0.1, 0.15) is 0 Å². The summed E-state index contributed by atoms with van der Waals surface area (Å²) in [5.41, 5.74) is 0. The molecule has 0 spiro atoms. The fraction of sp³-hybridized carbons (Fsp3) is 0.917. The lowest BCUT2D eigenvalue weighted by atomic mass is 9.83. The molecular formula is C12H24N2O. The van der Waals surface area contributed by atoms with Crippen molar-refractivity contribution < 1.29 is 4.79 Å². The van der Waals surface area contributed by atoms with Gasteiger partial charge >= 0.3 is 0 Å². The van der Waals surface area contributed by atoms with Crippen molar-refractivity contribution in [2.75, 3.05) is 27.2 Å². The van der Waals surface area contributed by atoms with Gasteiger partial charge in [-0.05, 0) is 38.8 Å². The van der Waals surface area contributed by atoms with Crippen LogP contribution in [0.2, 0.25) is 0 Å². The second kappa shape index (κ2) is 6.11. The lowest BCUT2D eigenvalue weighted by Gasteiger charge is -2.26. The van der Waals surface area contributed by atoms with E-state index in [1.807, 2.05) is 19.0 Å². The molecule has 0 unspecified atom stereocenters. The third-order valence-corrected chi connectivity index (χ3v) is 3.18. The number of likely N-dealkylation sites (N-methyl/N-ethyl adjacent to an activating group) is 1. The van der Waals surface area contributed by atoms with Gasteiger partial charge in [-0.3, -0.25) is 4.79 Å². The van der Waals surface area contributed by atoms with E-state index in [1.165, 1.54) is 25.7 Å². The number of carbonyl (C=O) groups excluding carboxylic acids is 1. The van der Waals surface area contributed by atoms with Crippen molar-refractivity contribution in [3.8, 4) is 0 Å². The zero-order chi connectivity index (χ0) is 11.3. The number of hydrogen-bond acceptors (Lipinski definition) is 2. The molecule has 0 aromatic rings. The van der Waals surface area contributed by atoms with Gasteiger partial charge < -0.3 is 10.2 Å². The molecule has 0 heterocycles. The second-order valence-electron chi connectivity index (χ2n) is 5.17. The molecule has 0 bridgehead atoms. The molecule has 3 nitrogen and oxygen atoms in total. The largest absolute Gasteiger partial charge is 0.355 e. The van der Waals surface area contributed by atoms with Gasteiger partial charge in [0.15, 0.2) is 0 Å². The predicted octanol–water partition coefficient (Wildman–Crippen LogP) is 1.49. The van der Waals surface area contributed by atoms with Gasteiger partial charge in [0.2, 0.25) is 5.91 Å². The van der Waals surface area contributed by atoms with Gasteiger partial charge in [0.25, 0.3) is 0 Å². The van der Waals surface area contributed by atoms with Crippen LogP contribution in [-0.4, -0.2) is 38.0 Å². The number of hydrogen-bond donors (Lipinski definition) is 1.